The van der Waals surface area contributed by atoms with E-state index in [1.807, 2.05) is 36.4 Å². The number of ether oxygens (including phenoxy) is 4. The second-order valence-electron chi connectivity index (χ2n) is 8.60. The van der Waals surface area contributed by atoms with Gasteiger partial charge in [-0.05, 0) is 51.5 Å². The van der Waals surface area contributed by atoms with Gasteiger partial charge in [-0.15, -0.1) is 0 Å². The number of hydrogen-bond donors (Lipinski definition) is 0. The van der Waals surface area contributed by atoms with Crippen molar-refractivity contribution in [1.82, 2.24) is 9.88 Å². The molecular weight excluding hydrogens is 412 g/mol. The van der Waals surface area contributed by atoms with Gasteiger partial charge in [0, 0.05) is 24.5 Å². The number of rotatable bonds is 6. The largest absolute Gasteiger partial charge is 0.489 e. The minimum atomic E-state index is -0.860. The molecule has 0 aliphatic carbocycles. The molecule has 2 heterocycles. The van der Waals surface area contributed by atoms with E-state index in [9.17, 15) is 9.59 Å². The van der Waals surface area contributed by atoms with Crippen LogP contribution in [0.4, 0.5) is 4.79 Å². The smallest absolute Gasteiger partial charge is 0.411 e. The van der Waals surface area contributed by atoms with Crippen LogP contribution >= 0.6 is 0 Å². The van der Waals surface area contributed by atoms with Gasteiger partial charge in [-0.25, -0.2) is 9.59 Å². The lowest BCUT2D eigenvalue weighted by molar-refractivity contribution is -0.162. The zero-order valence-corrected chi connectivity index (χ0v) is 18.9. The van der Waals surface area contributed by atoms with Gasteiger partial charge in [0.05, 0.1) is 12.7 Å². The predicted octanol–water partition coefficient (Wildman–Crippen LogP) is 3.73. The molecule has 0 saturated carbocycles. The molecule has 1 fully saturated rings. The first-order valence-corrected chi connectivity index (χ1v) is 10.6. The molecule has 0 N–H and O–H groups in total. The number of hydrogen-bond acceptors (Lipinski definition) is 7. The van der Waals surface area contributed by atoms with E-state index in [1.165, 1.54) is 4.90 Å². The average Bonchev–Trinajstić information content (AvgIpc) is 2.76. The molecule has 0 radical (unpaired) electrons. The number of amides is 1. The van der Waals surface area contributed by atoms with E-state index >= 15 is 0 Å². The summed E-state index contributed by atoms with van der Waals surface area (Å²) < 4.78 is 22.3. The number of esters is 1. The van der Waals surface area contributed by atoms with Crippen LogP contribution in [0.25, 0.3) is 0 Å². The molecule has 32 heavy (non-hydrogen) atoms. The molecule has 0 spiro atoms. The van der Waals surface area contributed by atoms with Crippen LogP contribution in [0.1, 0.15) is 38.8 Å². The Balaban J connectivity index is 1.55. The quantitative estimate of drug-likeness (QED) is 0.630. The molecule has 1 aromatic heterocycles. The molecule has 2 aromatic rings. The molecule has 1 saturated heterocycles. The summed E-state index contributed by atoms with van der Waals surface area (Å²) in [6.07, 6.45) is 2.42. The fraction of sp³-hybridized carbons (Fsp3) is 0.458. The van der Waals surface area contributed by atoms with E-state index in [0.29, 0.717) is 19.0 Å². The van der Waals surface area contributed by atoms with Gasteiger partial charge in [-0.1, -0.05) is 18.2 Å². The Morgan fingerprint density at radius 2 is 1.88 bits per heavy atom. The predicted molar refractivity (Wildman–Crippen MR) is 117 cm³/mol. The molecule has 1 aliphatic rings. The molecule has 2 atom stereocenters. The van der Waals surface area contributed by atoms with Crippen LogP contribution in [0, 0.1) is 0 Å². The van der Waals surface area contributed by atoms with Gasteiger partial charge in [0.15, 0.2) is 6.04 Å². The number of morpholine rings is 1. The third-order valence-corrected chi connectivity index (χ3v) is 4.80. The number of carbonyl (C=O) groups excluding carboxylic acids is 2. The summed E-state index contributed by atoms with van der Waals surface area (Å²) in [5.41, 5.74) is 1.12. The van der Waals surface area contributed by atoms with E-state index in [-0.39, 0.29) is 13.2 Å². The van der Waals surface area contributed by atoms with Crippen LogP contribution in [0.3, 0.4) is 0 Å². The van der Waals surface area contributed by atoms with Crippen LogP contribution in [0.2, 0.25) is 0 Å². The van der Waals surface area contributed by atoms with Crippen molar-refractivity contribution in [1.29, 1.82) is 0 Å². The first-order chi connectivity index (χ1) is 15.2. The lowest BCUT2D eigenvalue weighted by Crippen LogP contribution is -2.57. The van der Waals surface area contributed by atoms with Gasteiger partial charge in [0.1, 0.15) is 24.6 Å². The lowest BCUT2D eigenvalue weighted by atomic mass is 10.1. The molecule has 8 heteroatoms. The summed E-state index contributed by atoms with van der Waals surface area (Å²) in [6, 6.07) is 10.2. The Morgan fingerprint density at radius 3 is 2.53 bits per heavy atom. The van der Waals surface area contributed by atoms with Crippen LogP contribution in [-0.2, 0) is 32.2 Å². The number of benzene rings is 1. The maximum Gasteiger partial charge on any atom is 0.411 e. The number of nitrogens with zero attached hydrogens (tertiary/aromatic N) is 2. The Labute approximate surface area is 188 Å². The molecule has 3 rings (SSSR count). The SMILES string of the molecule is C[C@H]1OCCN(C(=O)OC(C)(C)C)[C@@H]1C(=O)OCc1ccc(OCc2cccnc2)cc1. The van der Waals surface area contributed by atoms with Gasteiger partial charge < -0.3 is 18.9 Å². The van der Waals surface area contributed by atoms with Gasteiger partial charge in [0.2, 0.25) is 0 Å². The Morgan fingerprint density at radius 1 is 1.12 bits per heavy atom. The molecule has 0 bridgehead atoms. The maximum atomic E-state index is 12.8. The second kappa shape index (κ2) is 10.5. The molecule has 1 aliphatic heterocycles. The standard InChI is InChI=1S/C24H30N2O6/c1-17-21(26(12-13-29-17)23(28)32-24(2,3)4)22(27)31-15-18-7-9-20(10-8-18)30-16-19-6-5-11-25-14-19/h5-11,14,17,21H,12-13,15-16H2,1-4H3/t17-,21+/m1/s1. The minimum absolute atomic E-state index is 0.0765. The second-order valence-corrected chi connectivity index (χ2v) is 8.60. The third-order valence-electron chi connectivity index (χ3n) is 4.80. The van der Waals surface area contributed by atoms with Gasteiger partial charge in [-0.2, -0.15) is 0 Å². The van der Waals surface area contributed by atoms with Crippen molar-refractivity contribution in [3.05, 3.63) is 59.9 Å². The summed E-state index contributed by atoms with van der Waals surface area (Å²) in [7, 11) is 0. The third kappa shape index (κ3) is 6.68. The highest BCUT2D eigenvalue weighted by Gasteiger charge is 2.41. The monoisotopic (exact) mass is 442 g/mol. The average molecular weight is 443 g/mol. The molecule has 1 aromatic carbocycles. The lowest BCUT2D eigenvalue weighted by Gasteiger charge is -2.38. The van der Waals surface area contributed by atoms with Crippen molar-refractivity contribution in [3.63, 3.8) is 0 Å². The first kappa shape index (κ1) is 23.5. The zero-order valence-electron chi connectivity index (χ0n) is 18.9. The van der Waals surface area contributed by atoms with Gasteiger partial charge in [-0.3, -0.25) is 9.88 Å². The summed E-state index contributed by atoms with van der Waals surface area (Å²) in [5, 5.41) is 0. The Hall–Kier alpha value is -3.13. The normalized spacial score (nSPS) is 18.7. The molecule has 8 nitrogen and oxygen atoms in total. The molecule has 1 amide bonds. The summed E-state index contributed by atoms with van der Waals surface area (Å²) in [5.74, 6) is 0.175. The van der Waals surface area contributed by atoms with Crippen molar-refractivity contribution in [2.24, 2.45) is 0 Å². The van der Waals surface area contributed by atoms with E-state index in [0.717, 1.165) is 11.1 Å². The van der Waals surface area contributed by atoms with Crippen LogP contribution < -0.4 is 4.74 Å². The Bertz CT molecular complexity index is 895. The highest BCUT2D eigenvalue weighted by Crippen LogP contribution is 2.21. The molecule has 172 valence electrons. The van der Waals surface area contributed by atoms with Crippen molar-refractivity contribution in [3.8, 4) is 5.75 Å². The van der Waals surface area contributed by atoms with E-state index in [1.54, 1.807) is 40.1 Å². The zero-order chi connectivity index (χ0) is 23.1. The fourth-order valence-electron chi connectivity index (χ4n) is 3.24. The van der Waals surface area contributed by atoms with Gasteiger partial charge >= 0.3 is 12.1 Å². The molecule has 0 unspecified atom stereocenters. The van der Waals surface area contributed by atoms with Crippen molar-refractivity contribution in [2.45, 2.75) is 58.7 Å². The fourth-order valence-corrected chi connectivity index (χ4v) is 3.24. The topological polar surface area (TPSA) is 87.2 Å². The highest BCUT2D eigenvalue weighted by atomic mass is 16.6. The van der Waals surface area contributed by atoms with Gasteiger partial charge in [0.25, 0.3) is 0 Å². The van der Waals surface area contributed by atoms with Crippen molar-refractivity contribution in [2.75, 3.05) is 13.2 Å². The minimum Gasteiger partial charge on any atom is -0.489 e. The van der Waals surface area contributed by atoms with Crippen LogP contribution in [-0.4, -0.2) is 52.8 Å². The Kier molecular flexibility index (Phi) is 7.69. The summed E-state index contributed by atoms with van der Waals surface area (Å²) >= 11 is 0. The van der Waals surface area contributed by atoms with E-state index in [4.69, 9.17) is 18.9 Å². The van der Waals surface area contributed by atoms with E-state index in [2.05, 4.69) is 4.98 Å². The number of pyridine rings is 1. The summed E-state index contributed by atoms with van der Waals surface area (Å²) in [6.45, 7) is 8.20. The molecular formula is C24H30N2O6. The van der Waals surface area contributed by atoms with Crippen molar-refractivity contribution < 1.29 is 28.5 Å². The van der Waals surface area contributed by atoms with E-state index < -0.39 is 29.8 Å². The maximum absolute atomic E-state index is 12.8. The van der Waals surface area contributed by atoms with Crippen LogP contribution in [0.15, 0.2) is 48.8 Å². The first-order valence-electron chi connectivity index (χ1n) is 10.6. The van der Waals surface area contributed by atoms with Crippen LogP contribution in [0.5, 0.6) is 5.75 Å². The number of carbonyl (C=O) groups is 2. The number of aromatic nitrogens is 1. The highest BCUT2D eigenvalue weighted by molar-refractivity contribution is 5.82. The van der Waals surface area contributed by atoms with Crippen molar-refractivity contribution >= 4 is 12.1 Å². The summed E-state index contributed by atoms with van der Waals surface area (Å²) in [4.78, 5) is 30.8.